The molecule has 0 aromatic heterocycles. The number of carbonyl (C=O) groups excluding carboxylic acids is 1. The zero-order chi connectivity index (χ0) is 15.1. The summed E-state index contributed by atoms with van der Waals surface area (Å²) in [6, 6.07) is 0.0488. The number of amides is 2. The summed E-state index contributed by atoms with van der Waals surface area (Å²) in [6.07, 6.45) is 11.3. The number of carbonyl (C=O) groups is 2. The van der Waals surface area contributed by atoms with Gasteiger partial charge in [0.1, 0.15) is 0 Å². The summed E-state index contributed by atoms with van der Waals surface area (Å²) in [5, 5.41) is 15.3. The average molecular weight is 296 g/mol. The van der Waals surface area contributed by atoms with E-state index in [0.29, 0.717) is 12.8 Å². The lowest BCUT2D eigenvalue weighted by Crippen LogP contribution is -2.49. The smallest absolute Gasteiger partial charge is 0.315 e. The van der Waals surface area contributed by atoms with E-state index in [1.54, 1.807) is 0 Å². The monoisotopic (exact) mass is 296 g/mol. The first-order chi connectivity index (χ1) is 10.1. The van der Waals surface area contributed by atoms with Crippen molar-refractivity contribution in [3.8, 4) is 0 Å². The molecule has 0 aromatic rings. The number of hydrogen-bond donors (Lipinski definition) is 3. The van der Waals surface area contributed by atoms with Crippen molar-refractivity contribution in [1.29, 1.82) is 0 Å². The van der Waals surface area contributed by atoms with Gasteiger partial charge in [-0.3, -0.25) is 4.79 Å². The predicted octanol–water partition coefficient (Wildman–Crippen LogP) is 3.04. The largest absolute Gasteiger partial charge is 0.481 e. The van der Waals surface area contributed by atoms with E-state index in [0.717, 1.165) is 32.1 Å². The second kappa shape index (κ2) is 7.66. The van der Waals surface area contributed by atoms with Gasteiger partial charge < -0.3 is 15.7 Å². The molecule has 0 heterocycles. The number of carboxylic acid groups (broad SMARTS) is 1. The van der Waals surface area contributed by atoms with Crippen molar-refractivity contribution in [3.05, 3.63) is 0 Å². The molecule has 120 valence electrons. The normalized spacial score (nSPS) is 23.0. The first-order valence-corrected chi connectivity index (χ1v) is 8.40. The van der Waals surface area contributed by atoms with Crippen LogP contribution in [0.2, 0.25) is 0 Å². The second-order valence-corrected chi connectivity index (χ2v) is 6.66. The van der Waals surface area contributed by atoms with Crippen molar-refractivity contribution in [2.45, 2.75) is 76.7 Å². The lowest BCUT2D eigenvalue weighted by atomic mass is 9.74. The van der Waals surface area contributed by atoms with Gasteiger partial charge in [-0.1, -0.05) is 44.9 Å². The summed E-state index contributed by atoms with van der Waals surface area (Å²) in [6.45, 7) is 0.251. The number of rotatable bonds is 4. The molecule has 0 bridgehead atoms. The van der Waals surface area contributed by atoms with Crippen molar-refractivity contribution >= 4 is 12.0 Å². The molecule has 3 N–H and O–H groups in total. The van der Waals surface area contributed by atoms with Gasteiger partial charge in [-0.05, 0) is 25.7 Å². The molecule has 0 unspecified atom stereocenters. The highest BCUT2D eigenvalue weighted by Crippen LogP contribution is 2.36. The first kappa shape index (κ1) is 16.1. The molecule has 2 fully saturated rings. The van der Waals surface area contributed by atoms with E-state index < -0.39 is 11.4 Å². The van der Waals surface area contributed by atoms with E-state index in [-0.39, 0.29) is 18.6 Å². The third-order valence-electron chi connectivity index (χ3n) is 5.04. The van der Waals surface area contributed by atoms with Crippen molar-refractivity contribution < 1.29 is 14.7 Å². The third kappa shape index (κ3) is 4.61. The zero-order valence-electron chi connectivity index (χ0n) is 12.8. The van der Waals surface area contributed by atoms with Crippen LogP contribution in [0.5, 0.6) is 0 Å². The summed E-state index contributed by atoms with van der Waals surface area (Å²) in [5.74, 6) is -0.767. The highest BCUT2D eigenvalue weighted by atomic mass is 16.4. The lowest BCUT2D eigenvalue weighted by molar-refractivity contribution is -0.150. The molecule has 0 spiro atoms. The minimum atomic E-state index is -0.767. The van der Waals surface area contributed by atoms with Gasteiger partial charge in [0.25, 0.3) is 0 Å². The maximum atomic E-state index is 12.0. The van der Waals surface area contributed by atoms with E-state index in [4.69, 9.17) is 0 Å². The molecule has 5 heteroatoms. The summed E-state index contributed by atoms with van der Waals surface area (Å²) in [7, 11) is 0. The molecule has 0 atom stereocenters. The zero-order valence-corrected chi connectivity index (χ0v) is 12.8. The number of urea groups is 1. The Morgan fingerprint density at radius 2 is 1.52 bits per heavy atom. The number of carboxylic acids is 1. The van der Waals surface area contributed by atoms with Gasteiger partial charge in [0.2, 0.25) is 0 Å². The van der Waals surface area contributed by atoms with E-state index in [2.05, 4.69) is 10.6 Å². The highest BCUT2D eigenvalue weighted by molar-refractivity contribution is 5.78. The topological polar surface area (TPSA) is 78.4 Å². The molecule has 2 saturated carbocycles. The molecule has 21 heavy (non-hydrogen) atoms. The van der Waals surface area contributed by atoms with Gasteiger partial charge in [-0.2, -0.15) is 0 Å². The average Bonchev–Trinajstić information content (AvgIpc) is 2.74. The van der Waals surface area contributed by atoms with Crippen molar-refractivity contribution in [2.75, 3.05) is 6.54 Å². The fraction of sp³-hybridized carbons (Fsp3) is 0.875. The van der Waals surface area contributed by atoms with Crippen LogP contribution in [-0.2, 0) is 4.79 Å². The van der Waals surface area contributed by atoms with E-state index in [1.165, 1.54) is 25.7 Å². The van der Waals surface area contributed by atoms with Gasteiger partial charge >= 0.3 is 12.0 Å². The van der Waals surface area contributed by atoms with Crippen molar-refractivity contribution in [2.24, 2.45) is 5.41 Å². The Balaban J connectivity index is 1.79. The molecule has 0 radical (unpaired) electrons. The van der Waals surface area contributed by atoms with Crippen LogP contribution in [0.3, 0.4) is 0 Å². The fourth-order valence-electron chi connectivity index (χ4n) is 3.60. The van der Waals surface area contributed by atoms with E-state index in [1.807, 2.05) is 0 Å². The van der Waals surface area contributed by atoms with Gasteiger partial charge in [-0.15, -0.1) is 0 Å². The summed E-state index contributed by atoms with van der Waals surface area (Å²) >= 11 is 0. The Bertz CT molecular complexity index is 357. The molecule has 0 aromatic carbocycles. The molecule has 2 aliphatic rings. The Kier molecular flexibility index (Phi) is 5.88. The molecule has 2 amide bonds. The second-order valence-electron chi connectivity index (χ2n) is 6.66. The van der Waals surface area contributed by atoms with Gasteiger partial charge in [0.15, 0.2) is 0 Å². The van der Waals surface area contributed by atoms with Crippen LogP contribution in [0.15, 0.2) is 0 Å². The summed E-state index contributed by atoms with van der Waals surface area (Å²) in [5.41, 5.74) is -0.751. The van der Waals surface area contributed by atoms with Crippen LogP contribution in [0.4, 0.5) is 4.79 Å². The standard InChI is InChI=1S/C16H28N2O3/c19-14(20)16(10-6-3-7-11-16)12-17-15(21)18-13-8-4-1-2-5-9-13/h13H,1-12H2,(H,19,20)(H2,17,18,21). The minimum absolute atomic E-state index is 0.201. The maximum absolute atomic E-state index is 12.0. The van der Waals surface area contributed by atoms with Gasteiger partial charge in [-0.25, -0.2) is 4.79 Å². The van der Waals surface area contributed by atoms with Gasteiger partial charge in [0, 0.05) is 12.6 Å². The number of hydrogen-bond acceptors (Lipinski definition) is 2. The number of aliphatic carboxylic acids is 1. The molecule has 0 aliphatic heterocycles. The molecule has 0 saturated heterocycles. The van der Waals surface area contributed by atoms with Crippen LogP contribution < -0.4 is 10.6 Å². The maximum Gasteiger partial charge on any atom is 0.315 e. The van der Waals surface area contributed by atoms with E-state index in [9.17, 15) is 14.7 Å². The quantitative estimate of drug-likeness (QED) is 0.698. The van der Waals surface area contributed by atoms with Crippen molar-refractivity contribution in [1.82, 2.24) is 10.6 Å². The molecule has 2 aliphatic carbocycles. The Labute approximate surface area is 126 Å². The summed E-state index contributed by atoms with van der Waals surface area (Å²) in [4.78, 5) is 23.6. The SMILES string of the molecule is O=C(NCC1(C(=O)O)CCCCC1)NC1CCCCCC1. The van der Waals surface area contributed by atoms with Crippen LogP contribution >= 0.6 is 0 Å². The molecular formula is C16H28N2O3. The minimum Gasteiger partial charge on any atom is -0.481 e. The van der Waals surface area contributed by atoms with E-state index >= 15 is 0 Å². The van der Waals surface area contributed by atoms with Crippen LogP contribution in [0.1, 0.15) is 70.6 Å². The highest BCUT2D eigenvalue weighted by Gasteiger charge is 2.39. The van der Waals surface area contributed by atoms with Crippen molar-refractivity contribution in [3.63, 3.8) is 0 Å². The Morgan fingerprint density at radius 3 is 2.10 bits per heavy atom. The predicted molar refractivity (Wildman–Crippen MR) is 81.2 cm³/mol. The van der Waals surface area contributed by atoms with Crippen LogP contribution in [-0.4, -0.2) is 29.7 Å². The number of nitrogens with one attached hydrogen (secondary N) is 2. The molecule has 5 nitrogen and oxygen atoms in total. The Morgan fingerprint density at radius 1 is 0.952 bits per heavy atom. The first-order valence-electron chi connectivity index (χ1n) is 8.40. The third-order valence-corrected chi connectivity index (χ3v) is 5.04. The Hall–Kier alpha value is -1.26. The van der Waals surface area contributed by atoms with Crippen LogP contribution in [0, 0.1) is 5.41 Å². The fourth-order valence-corrected chi connectivity index (χ4v) is 3.60. The van der Waals surface area contributed by atoms with Crippen LogP contribution in [0.25, 0.3) is 0 Å². The molecular weight excluding hydrogens is 268 g/mol. The molecule has 2 rings (SSSR count). The summed E-state index contributed by atoms with van der Waals surface area (Å²) < 4.78 is 0. The lowest BCUT2D eigenvalue weighted by Gasteiger charge is -2.33. The van der Waals surface area contributed by atoms with Gasteiger partial charge in [0.05, 0.1) is 5.41 Å².